The molecule has 25 heavy (non-hydrogen) atoms. The highest BCUT2D eigenvalue weighted by atomic mass is 32.1. The van der Waals surface area contributed by atoms with Crippen LogP contribution >= 0.6 is 11.3 Å². The highest BCUT2D eigenvalue weighted by Crippen LogP contribution is 2.29. The fourth-order valence-electron chi connectivity index (χ4n) is 3.78. The maximum Gasteiger partial charge on any atom is 0.317 e. The number of rotatable bonds is 2. The summed E-state index contributed by atoms with van der Waals surface area (Å²) in [6, 6.07) is 0.131. The van der Waals surface area contributed by atoms with Gasteiger partial charge < -0.3 is 15.1 Å². The zero-order chi connectivity index (χ0) is 17.2. The molecule has 2 aromatic heterocycles. The molecule has 0 spiro atoms. The third-order valence-corrected chi connectivity index (χ3v) is 5.98. The number of aromatic nitrogens is 3. The number of aryl methyl sites for hydroxylation is 1. The Hall–Kier alpha value is -2.09. The van der Waals surface area contributed by atoms with Gasteiger partial charge in [0.1, 0.15) is 0 Å². The molecular weight excluding hydrogens is 336 g/mol. The van der Waals surface area contributed by atoms with Crippen molar-refractivity contribution in [3.05, 3.63) is 29.0 Å². The first-order valence-electron chi connectivity index (χ1n) is 8.93. The number of nitrogens with zero attached hydrogens (tertiary/aromatic N) is 5. The van der Waals surface area contributed by atoms with E-state index in [0.29, 0.717) is 0 Å². The molecule has 0 radical (unpaired) electrons. The molecule has 0 aromatic carbocycles. The van der Waals surface area contributed by atoms with Crippen LogP contribution in [0.4, 0.5) is 9.93 Å². The van der Waals surface area contributed by atoms with Gasteiger partial charge in [0.15, 0.2) is 5.13 Å². The monoisotopic (exact) mass is 360 g/mol. The second-order valence-corrected chi connectivity index (χ2v) is 7.58. The van der Waals surface area contributed by atoms with Gasteiger partial charge in [-0.25, -0.2) is 9.78 Å². The Morgan fingerprint density at radius 2 is 2.20 bits per heavy atom. The highest BCUT2D eigenvalue weighted by Gasteiger charge is 2.27. The molecule has 4 rings (SSSR count). The van der Waals surface area contributed by atoms with Gasteiger partial charge in [-0.1, -0.05) is 0 Å². The van der Waals surface area contributed by atoms with Crippen LogP contribution in [-0.4, -0.2) is 51.9 Å². The van der Waals surface area contributed by atoms with Gasteiger partial charge in [-0.15, -0.1) is 11.3 Å². The summed E-state index contributed by atoms with van der Waals surface area (Å²) in [6.45, 7) is 3.32. The lowest BCUT2D eigenvalue weighted by atomic mass is 9.93. The smallest absolute Gasteiger partial charge is 0.317 e. The number of anilines is 1. The zero-order valence-electron chi connectivity index (χ0n) is 14.5. The molecular formula is C17H24N6OS. The fraction of sp³-hybridized carbons (Fsp3) is 0.588. The van der Waals surface area contributed by atoms with Crippen LogP contribution in [-0.2, 0) is 13.5 Å². The Morgan fingerprint density at radius 1 is 1.28 bits per heavy atom. The minimum Gasteiger partial charge on any atom is -0.346 e. The Labute approximate surface area is 151 Å². The number of hydrogen-bond donors (Lipinski definition) is 1. The van der Waals surface area contributed by atoms with E-state index in [1.54, 1.807) is 11.3 Å². The summed E-state index contributed by atoms with van der Waals surface area (Å²) < 4.78 is 1.94. The molecule has 1 aliphatic heterocycles. The quantitative estimate of drug-likeness (QED) is 0.891. The molecule has 2 aromatic rings. The van der Waals surface area contributed by atoms with Gasteiger partial charge >= 0.3 is 6.03 Å². The third-order valence-electron chi connectivity index (χ3n) is 5.15. The number of fused-ring (bicyclic) bond motifs is 1. The molecule has 1 fully saturated rings. The van der Waals surface area contributed by atoms with Crippen LogP contribution in [0, 0.1) is 0 Å². The lowest BCUT2D eigenvalue weighted by Crippen LogP contribution is -2.44. The zero-order valence-corrected chi connectivity index (χ0v) is 15.3. The van der Waals surface area contributed by atoms with E-state index in [-0.39, 0.29) is 12.1 Å². The standard InChI is InChI=1S/C17H24N6OS/c1-21-15-5-2-4-14(13(15)12-19-21)20-16(24)22-7-3-8-23(10-9-22)17-18-6-11-25-17/h6,11-12,14H,2-5,7-10H2,1H3,(H,20,24). The SMILES string of the molecule is Cn1ncc2c1CCCC2NC(=O)N1CCCN(c2nccs2)CC1. The largest absolute Gasteiger partial charge is 0.346 e. The van der Waals surface area contributed by atoms with E-state index in [0.717, 1.165) is 57.0 Å². The Morgan fingerprint density at radius 3 is 3.04 bits per heavy atom. The van der Waals surface area contributed by atoms with Gasteiger partial charge in [-0.2, -0.15) is 5.10 Å². The predicted octanol–water partition coefficient (Wildman–Crippen LogP) is 2.18. The normalized spacial score (nSPS) is 20.9. The summed E-state index contributed by atoms with van der Waals surface area (Å²) in [5, 5.41) is 10.6. The second-order valence-electron chi connectivity index (χ2n) is 6.71. The number of carbonyl (C=O) groups is 1. The molecule has 1 unspecified atom stereocenters. The van der Waals surface area contributed by atoms with E-state index in [4.69, 9.17) is 0 Å². The molecule has 1 aliphatic carbocycles. The van der Waals surface area contributed by atoms with Crippen molar-refractivity contribution < 1.29 is 4.79 Å². The summed E-state index contributed by atoms with van der Waals surface area (Å²) >= 11 is 1.66. The number of carbonyl (C=O) groups excluding carboxylic acids is 1. The van der Waals surface area contributed by atoms with Gasteiger partial charge in [0.05, 0.1) is 12.2 Å². The van der Waals surface area contributed by atoms with Gasteiger partial charge in [0, 0.05) is 56.1 Å². The average Bonchev–Trinajstić information content (AvgIpc) is 3.21. The van der Waals surface area contributed by atoms with Crippen molar-refractivity contribution in [1.29, 1.82) is 0 Å². The summed E-state index contributed by atoms with van der Waals surface area (Å²) in [7, 11) is 1.98. The second kappa shape index (κ2) is 7.03. The molecule has 1 N–H and O–H groups in total. The van der Waals surface area contributed by atoms with Crippen LogP contribution in [0.15, 0.2) is 17.8 Å². The van der Waals surface area contributed by atoms with Crippen LogP contribution in [0.25, 0.3) is 0 Å². The number of amides is 2. The minimum atomic E-state index is 0.0442. The minimum absolute atomic E-state index is 0.0442. The molecule has 0 saturated carbocycles. The van der Waals surface area contributed by atoms with E-state index in [2.05, 4.69) is 20.3 Å². The van der Waals surface area contributed by atoms with Crippen molar-refractivity contribution in [3.63, 3.8) is 0 Å². The van der Waals surface area contributed by atoms with Crippen molar-refractivity contribution in [3.8, 4) is 0 Å². The average molecular weight is 360 g/mol. The molecule has 1 atom stereocenters. The maximum absolute atomic E-state index is 12.8. The molecule has 8 heteroatoms. The first kappa shape index (κ1) is 16.4. The fourth-order valence-corrected chi connectivity index (χ4v) is 4.48. The molecule has 2 aliphatic rings. The van der Waals surface area contributed by atoms with Gasteiger partial charge in [-0.3, -0.25) is 4.68 Å². The van der Waals surface area contributed by atoms with Crippen molar-refractivity contribution in [2.45, 2.75) is 31.7 Å². The van der Waals surface area contributed by atoms with Crippen molar-refractivity contribution in [1.82, 2.24) is 25.0 Å². The van der Waals surface area contributed by atoms with Crippen LogP contribution in [0.3, 0.4) is 0 Å². The number of urea groups is 1. The van der Waals surface area contributed by atoms with E-state index in [1.165, 1.54) is 11.3 Å². The first-order chi connectivity index (χ1) is 12.2. The van der Waals surface area contributed by atoms with E-state index < -0.39 is 0 Å². The number of hydrogen-bond acceptors (Lipinski definition) is 5. The highest BCUT2D eigenvalue weighted by molar-refractivity contribution is 7.13. The summed E-state index contributed by atoms with van der Waals surface area (Å²) in [6.07, 6.45) is 7.84. The third kappa shape index (κ3) is 3.35. The molecule has 7 nitrogen and oxygen atoms in total. The van der Waals surface area contributed by atoms with Crippen molar-refractivity contribution in [2.75, 3.05) is 31.1 Å². The number of thiazole rings is 1. The molecule has 3 heterocycles. The van der Waals surface area contributed by atoms with Crippen molar-refractivity contribution >= 4 is 22.5 Å². The maximum atomic E-state index is 12.8. The van der Waals surface area contributed by atoms with Crippen LogP contribution < -0.4 is 10.2 Å². The van der Waals surface area contributed by atoms with Crippen LogP contribution in [0.1, 0.15) is 36.6 Å². The molecule has 134 valence electrons. The van der Waals surface area contributed by atoms with Gasteiger partial charge in [0.2, 0.25) is 0 Å². The first-order valence-corrected chi connectivity index (χ1v) is 9.81. The van der Waals surface area contributed by atoms with Gasteiger partial charge in [-0.05, 0) is 25.7 Å². The molecule has 0 bridgehead atoms. The van der Waals surface area contributed by atoms with E-state index in [9.17, 15) is 4.79 Å². The molecule has 1 saturated heterocycles. The summed E-state index contributed by atoms with van der Waals surface area (Å²) in [4.78, 5) is 21.4. The summed E-state index contributed by atoms with van der Waals surface area (Å²) in [5.41, 5.74) is 2.43. The predicted molar refractivity (Wildman–Crippen MR) is 97.9 cm³/mol. The van der Waals surface area contributed by atoms with Crippen molar-refractivity contribution in [2.24, 2.45) is 7.05 Å². The lowest BCUT2D eigenvalue weighted by Gasteiger charge is -2.28. The van der Waals surface area contributed by atoms with Crippen LogP contribution in [0.2, 0.25) is 0 Å². The Bertz CT molecular complexity index is 728. The number of nitrogens with one attached hydrogen (secondary N) is 1. The van der Waals surface area contributed by atoms with E-state index >= 15 is 0 Å². The Kier molecular flexibility index (Phi) is 4.61. The Balaban J connectivity index is 1.39. The van der Waals surface area contributed by atoms with E-state index in [1.807, 2.05) is 34.4 Å². The van der Waals surface area contributed by atoms with Gasteiger partial charge in [0.25, 0.3) is 0 Å². The lowest BCUT2D eigenvalue weighted by molar-refractivity contribution is 0.196. The molecule has 2 amide bonds. The van der Waals surface area contributed by atoms with Crippen LogP contribution in [0.5, 0.6) is 0 Å². The topological polar surface area (TPSA) is 66.3 Å². The summed E-state index contributed by atoms with van der Waals surface area (Å²) in [5.74, 6) is 0.